The number of hydrogen-bond acceptors (Lipinski definition) is 3. The van der Waals surface area contributed by atoms with E-state index < -0.39 is 0 Å². The minimum absolute atomic E-state index is 0.198. The summed E-state index contributed by atoms with van der Waals surface area (Å²) < 4.78 is 1.86. The first-order chi connectivity index (χ1) is 7.29. The van der Waals surface area contributed by atoms with E-state index in [0.717, 1.165) is 24.1 Å². The molecule has 0 aliphatic carbocycles. The summed E-state index contributed by atoms with van der Waals surface area (Å²) in [7, 11) is 0. The van der Waals surface area contributed by atoms with Crippen LogP contribution in [0, 0.1) is 0 Å². The fraction of sp³-hybridized carbons (Fsp3) is 0.300. The summed E-state index contributed by atoms with van der Waals surface area (Å²) >= 11 is 0. The van der Waals surface area contributed by atoms with Crippen LogP contribution in [0.5, 0.6) is 0 Å². The molecule has 0 saturated carbocycles. The van der Waals surface area contributed by atoms with Gasteiger partial charge in [0.1, 0.15) is 0 Å². The van der Waals surface area contributed by atoms with Crippen LogP contribution in [0.25, 0.3) is 11.1 Å². The molecule has 5 heteroatoms. The van der Waals surface area contributed by atoms with Crippen LogP contribution in [0.3, 0.4) is 0 Å². The molecule has 0 fully saturated rings. The van der Waals surface area contributed by atoms with Crippen molar-refractivity contribution in [3.05, 3.63) is 35.0 Å². The molecule has 5 nitrogen and oxygen atoms in total. The van der Waals surface area contributed by atoms with E-state index in [9.17, 15) is 4.79 Å². The maximum absolute atomic E-state index is 11.1. The Bertz CT molecular complexity index is 500. The molecule has 0 aliphatic heterocycles. The Morgan fingerprint density at radius 3 is 3.00 bits per heavy atom. The van der Waals surface area contributed by atoms with Crippen LogP contribution in [-0.4, -0.2) is 20.0 Å². The molecule has 0 amide bonds. The average Bonchev–Trinajstić information content (AvgIpc) is 2.67. The number of nitrogens with zero attached hydrogens (tertiary/aromatic N) is 3. The molecular formula is C10H12N4O. The van der Waals surface area contributed by atoms with Crippen molar-refractivity contribution in [1.29, 1.82) is 0 Å². The molecule has 2 aromatic rings. The number of H-pyrrole nitrogens is 1. The van der Waals surface area contributed by atoms with Gasteiger partial charge in [-0.1, -0.05) is 6.92 Å². The molecule has 1 N–H and O–H groups in total. The Kier molecular flexibility index (Phi) is 2.62. The van der Waals surface area contributed by atoms with Crippen molar-refractivity contribution in [3.63, 3.8) is 0 Å². The molecule has 2 heterocycles. The van der Waals surface area contributed by atoms with Gasteiger partial charge in [0.15, 0.2) is 0 Å². The number of aromatic amines is 1. The predicted molar refractivity (Wildman–Crippen MR) is 56.4 cm³/mol. The van der Waals surface area contributed by atoms with Crippen molar-refractivity contribution >= 4 is 0 Å². The van der Waals surface area contributed by atoms with Gasteiger partial charge in [-0.3, -0.25) is 9.48 Å². The molecular weight excluding hydrogens is 192 g/mol. The maximum atomic E-state index is 11.1. The molecule has 0 atom stereocenters. The lowest BCUT2D eigenvalue weighted by Gasteiger charge is -1.95. The Morgan fingerprint density at radius 2 is 2.27 bits per heavy atom. The molecule has 78 valence electrons. The van der Waals surface area contributed by atoms with Crippen LogP contribution in [0.1, 0.15) is 13.3 Å². The van der Waals surface area contributed by atoms with Crippen molar-refractivity contribution in [2.75, 3.05) is 0 Å². The molecule has 0 aromatic carbocycles. The Hall–Kier alpha value is -1.91. The predicted octanol–water partition coefficient (Wildman–Crippen LogP) is 1.04. The van der Waals surface area contributed by atoms with Gasteiger partial charge >= 0.3 is 0 Å². The number of aryl methyl sites for hydroxylation is 1. The van der Waals surface area contributed by atoms with Crippen LogP contribution in [0.15, 0.2) is 29.5 Å². The van der Waals surface area contributed by atoms with Crippen LogP contribution in [-0.2, 0) is 6.54 Å². The third-order valence-corrected chi connectivity index (χ3v) is 2.08. The second-order valence-corrected chi connectivity index (χ2v) is 3.33. The summed E-state index contributed by atoms with van der Waals surface area (Å²) in [4.78, 5) is 11.1. The first-order valence-electron chi connectivity index (χ1n) is 4.87. The highest BCUT2D eigenvalue weighted by Crippen LogP contribution is 2.14. The smallest absolute Gasteiger partial charge is 0.264 e. The lowest BCUT2D eigenvalue weighted by Crippen LogP contribution is -2.05. The number of nitrogens with one attached hydrogen (secondary N) is 1. The summed E-state index contributed by atoms with van der Waals surface area (Å²) in [6, 6.07) is 1.51. The van der Waals surface area contributed by atoms with Gasteiger partial charge in [-0.2, -0.15) is 10.2 Å². The Labute approximate surface area is 86.8 Å². The zero-order chi connectivity index (χ0) is 10.7. The highest BCUT2D eigenvalue weighted by Gasteiger charge is 2.01. The molecule has 0 unspecified atom stereocenters. The molecule has 15 heavy (non-hydrogen) atoms. The fourth-order valence-electron chi connectivity index (χ4n) is 1.40. The quantitative estimate of drug-likeness (QED) is 0.812. The van der Waals surface area contributed by atoms with Gasteiger partial charge in [-0.25, -0.2) is 5.10 Å². The molecule has 0 radical (unpaired) electrons. The van der Waals surface area contributed by atoms with E-state index in [1.54, 1.807) is 12.4 Å². The van der Waals surface area contributed by atoms with Crippen molar-refractivity contribution in [2.45, 2.75) is 19.9 Å². The second-order valence-electron chi connectivity index (χ2n) is 3.33. The zero-order valence-corrected chi connectivity index (χ0v) is 8.47. The zero-order valence-electron chi connectivity index (χ0n) is 8.47. The number of aromatic nitrogens is 4. The van der Waals surface area contributed by atoms with Gasteiger partial charge in [-0.05, 0) is 6.42 Å². The largest absolute Gasteiger partial charge is 0.272 e. The lowest BCUT2D eigenvalue weighted by molar-refractivity contribution is 0.603. The van der Waals surface area contributed by atoms with E-state index in [1.165, 1.54) is 6.07 Å². The summed E-state index contributed by atoms with van der Waals surface area (Å²) in [5.74, 6) is 0. The first kappa shape index (κ1) is 9.64. The third-order valence-electron chi connectivity index (χ3n) is 2.08. The van der Waals surface area contributed by atoms with E-state index in [-0.39, 0.29) is 5.56 Å². The van der Waals surface area contributed by atoms with E-state index in [2.05, 4.69) is 22.2 Å². The SMILES string of the molecule is CCCn1cc(-c2cn[nH]c(=O)c2)cn1. The highest BCUT2D eigenvalue weighted by molar-refractivity contribution is 5.59. The summed E-state index contributed by atoms with van der Waals surface area (Å²) in [5, 5.41) is 10.3. The van der Waals surface area contributed by atoms with Gasteiger partial charge in [0, 0.05) is 29.9 Å². The molecule has 2 aromatic heterocycles. The Balaban J connectivity index is 2.33. The lowest BCUT2D eigenvalue weighted by atomic mass is 10.2. The number of rotatable bonds is 3. The fourth-order valence-corrected chi connectivity index (χ4v) is 1.40. The molecule has 0 saturated heterocycles. The van der Waals surface area contributed by atoms with E-state index in [0.29, 0.717) is 0 Å². The standard InChI is InChI=1S/C10H12N4O/c1-2-3-14-7-9(6-12-14)8-4-10(15)13-11-5-8/h4-7H,2-3H2,1H3,(H,13,15). The van der Waals surface area contributed by atoms with Crippen LogP contribution in [0.4, 0.5) is 0 Å². The van der Waals surface area contributed by atoms with Gasteiger partial charge in [0.05, 0.1) is 12.4 Å². The van der Waals surface area contributed by atoms with Crippen LogP contribution in [0.2, 0.25) is 0 Å². The minimum atomic E-state index is -0.198. The van der Waals surface area contributed by atoms with E-state index in [1.807, 2.05) is 10.9 Å². The normalized spacial score (nSPS) is 10.5. The topological polar surface area (TPSA) is 63.6 Å². The summed E-state index contributed by atoms with van der Waals surface area (Å²) in [5.41, 5.74) is 1.51. The van der Waals surface area contributed by atoms with Crippen molar-refractivity contribution in [1.82, 2.24) is 20.0 Å². The maximum Gasteiger partial charge on any atom is 0.264 e. The monoisotopic (exact) mass is 204 g/mol. The second kappa shape index (κ2) is 4.08. The van der Waals surface area contributed by atoms with Crippen molar-refractivity contribution < 1.29 is 0 Å². The van der Waals surface area contributed by atoms with Crippen LogP contribution < -0.4 is 5.56 Å². The number of hydrogen-bond donors (Lipinski definition) is 1. The van der Waals surface area contributed by atoms with Crippen molar-refractivity contribution in [3.8, 4) is 11.1 Å². The van der Waals surface area contributed by atoms with Crippen LogP contribution >= 0.6 is 0 Å². The van der Waals surface area contributed by atoms with Gasteiger partial charge < -0.3 is 0 Å². The summed E-state index contributed by atoms with van der Waals surface area (Å²) in [6.07, 6.45) is 6.31. The third kappa shape index (κ3) is 2.12. The van der Waals surface area contributed by atoms with Gasteiger partial charge in [-0.15, -0.1) is 0 Å². The molecule has 0 aliphatic rings. The molecule has 0 bridgehead atoms. The van der Waals surface area contributed by atoms with E-state index in [4.69, 9.17) is 0 Å². The minimum Gasteiger partial charge on any atom is -0.272 e. The average molecular weight is 204 g/mol. The first-order valence-corrected chi connectivity index (χ1v) is 4.87. The summed E-state index contributed by atoms with van der Waals surface area (Å²) in [6.45, 7) is 2.98. The van der Waals surface area contributed by atoms with Gasteiger partial charge in [0.2, 0.25) is 0 Å². The van der Waals surface area contributed by atoms with Crippen molar-refractivity contribution in [2.24, 2.45) is 0 Å². The molecule has 0 spiro atoms. The molecule has 2 rings (SSSR count). The Morgan fingerprint density at radius 1 is 1.40 bits per heavy atom. The highest BCUT2D eigenvalue weighted by atomic mass is 16.1. The van der Waals surface area contributed by atoms with E-state index >= 15 is 0 Å². The van der Waals surface area contributed by atoms with Gasteiger partial charge in [0.25, 0.3) is 5.56 Å².